The third-order valence-corrected chi connectivity index (χ3v) is 4.48. The molecule has 2 aromatic rings. The van der Waals surface area contributed by atoms with Crippen LogP contribution in [0.3, 0.4) is 0 Å². The van der Waals surface area contributed by atoms with Crippen molar-refractivity contribution in [2.45, 2.75) is 20.3 Å². The molecular weight excluding hydrogens is 363 g/mol. The first kappa shape index (κ1) is 17.5. The summed E-state index contributed by atoms with van der Waals surface area (Å²) in [5.74, 6) is 0.233. The molecule has 0 unspecified atom stereocenters. The standard InChI is InChI=1S/C19H14Cl2O4/c1-3-17(22)24-15-8-7-11-18(23)16(25-19(11)10(15)2)9-12-13(20)5-4-6-14(12)21/h4-9H,3H2,1-2H3/b16-9-. The number of ketones is 1. The summed E-state index contributed by atoms with van der Waals surface area (Å²) >= 11 is 12.3. The molecule has 1 heterocycles. The van der Waals surface area contributed by atoms with Gasteiger partial charge in [0.1, 0.15) is 11.5 Å². The van der Waals surface area contributed by atoms with E-state index in [9.17, 15) is 9.59 Å². The Hall–Kier alpha value is -2.30. The van der Waals surface area contributed by atoms with E-state index in [1.54, 1.807) is 44.2 Å². The first-order chi connectivity index (χ1) is 11.9. The van der Waals surface area contributed by atoms with Crippen molar-refractivity contribution in [2.75, 3.05) is 0 Å². The van der Waals surface area contributed by atoms with Crippen LogP contribution < -0.4 is 9.47 Å². The topological polar surface area (TPSA) is 52.6 Å². The molecule has 0 aromatic heterocycles. The summed E-state index contributed by atoms with van der Waals surface area (Å²) in [6, 6.07) is 8.25. The van der Waals surface area contributed by atoms with E-state index in [0.717, 1.165) is 0 Å². The van der Waals surface area contributed by atoms with E-state index in [-0.39, 0.29) is 23.9 Å². The van der Waals surface area contributed by atoms with Crippen LogP contribution in [-0.4, -0.2) is 11.8 Å². The number of hydrogen-bond acceptors (Lipinski definition) is 4. The van der Waals surface area contributed by atoms with Gasteiger partial charge in [0, 0.05) is 27.6 Å². The molecule has 0 amide bonds. The number of carbonyl (C=O) groups excluding carboxylic acids is 2. The minimum absolute atomic E-state index is 0.118. The summed E-state index contributed by atoms with van der Waals surface area (Å²) in [5.41, 5.74) is 1.50. The molecule has 3 rings (SSSR count). The summed E-state index contributed by atoms with van der Waals surface area (Å²) in [4.78, 5) is 24.1. The molecule has 0 saturated carbocycles. The fourth-order valence-corrected chi connectivity index (χ4v) is 2.96. The highest BCUT2D eigenvalue weighted by Gasteiger charge is 2.30. The van der Waals surface area contributed by atoms with Crippen molar-refractivity contribution in [2.24, 2.45) is 0 Å². The molecule has 0 spiro atoms. The normalized spacial score (nSPS) is 14.4. The van der Waals surface area contributed by atoms with Gasteiger partial charge in [-0.05, 0) is 37.3 Å². The van der Waals surface area contributed by atoms with Gasteiger partial charge >= 0.3 is 5.97 Å². The van der Waals surface area contributed by atoms with E-state index in [2.05, 4.69) is 0 Å². The molecule has 25 heavy (non-hydrogen) atoms. The Balaban J connectivity index is 2.00. The van der Waals surface area contributed by atoms with Gasteiger partial charge in [-0.15, -0.1) is 0 Å². The van der Waals surface area contributed by atoms with Gasteiger partial charge in [0.25, 0.3) is 0 Å². The van der Waals surface area contributed by atoms with Gasteiger partial charge in [-0.25, -0.2) is 0 Å². The molecule has 1 aliphatic rings. The van der Waals surface area contributed by atoms with Crippen LogP contribution in [0.4, 0.5) is 0 Å². The zero-order valence-corrected chi connectivity index (χ0v) is 15.1. The Kier molecular flexibility index (Phi) is 4.84. The van der Waals surface area contributed by atoms with Crippen LogP contribution in [0.1, 0.15) is 34.8 Å². The third-order valence-electron chi connectivity index (χ3n) is 3.82. The van der Waals surface area contributed by atoms with Gasteiger partial charge in [-0.3, -0.25) is 9.59 Å². The maximum atomic E-state index is 12.6. The number of halogens is 2. The van der Waals surface area contributed by atoms with Crippen molar-refractivity contribution in [3.63, 3.8) is 0 Å². The number of hydrogen-bond donors (Lipinski definition) is 0. The lowest BCUT2D eigenvalue weighted by molar-refractivity contribution is -0.134. The van der Waals surface area contributed by atoms with Crippen molar-refractivity contribution in [1.82, 2.24) is 0 Å². The molecule has 4 nitrogen and oxygen atoms in total. The van der Waals surface area contributed by atoms with Gasteiger partial charge in [0.05, 0.1) is 5.56 Å². The smallest absolute Gasteiger partial charge is 0.310 e. The monoisotopic (exact) mass is 376 g/mol. The van der Waals surface area contributed by atoms with E-state index >= 15 is 0 Å². The third kappa shape index (κ3) is 3.28. The van der Waals surface area contributed by atoms with Crippen molar-refractivity contribution in [3.05, 3.63) is 62.8 Å². The number of ether oxygens (including phenoxy) is 2. The van der Waals surface area contributed by atoms with Crippen molar-refractivity contribution in [3.8, 4) is 11.5 Å². The summed E-state index contributed by atoms with van der Waals surface area (Å²) in [7, 11) is 0. The van der Waals surface area contributed by atoms with Gasteiger partial charge in [0.2, 0.25) is 5.78 Å². The molecule has 0 atom stereocenters. The lowest BCUT2D eigenvalue weighted by atomic mass is 10.1. The zero-order chi connectivity index (χ0) is 18.1. The van der Waals surface area contributed by atoms with Crippen LogP contribution in [0.2, 0.25) is 10.0 Å². The summed E-state index contributed by atoms with van der Waals surface area (Å²) < 4.78 is 11.0. The zero-order valence-electron chi connectivity index (χ0n) is 13.6. The van der Waals surface area contributed by atoms with Crippen molar-refractivity contribution in [1.29, 1.82) is 0 Å². The summed E-state index contributed by atoms with van der Waals surface area (Å²) in [5, 5.41) is 0.836. The van der Waals surface area contributed by atoms with Gasteiger partial charge in [-0.2, -0.15) is 0 Å². The van der Waals surface area contributed by atoms with Gasteiger partial charge in [-0.1, -0.05) is 36.2 Å². The maximum absolute atomic E-state index is 12.6. The molecule has 0 saturated heterocycles. The van der Waals surface area contributed by atoms with Crippen LogP contribution in [0.15, 0.2) is 36.1 Å². The molecule has 0 aliphatic carbocycles. The lowest BCUT2D eigenvalue weighted by Gasteiger charge is -2.09. The molecule has 0 radical (unpaired) electrons. The highest BCUT2D eigenvalue weighted by Crippen LogP contribution is 2.40. The molecule has 2 aromatic carbocycles. The quantitative estimate of drug-likeness (QED) is 0.417. The average molecular weight is 377 g/mol. The lowest BCUT2D eigenvalue weighted by Crippen LogP contribution is -2.06. The number of carbonyl (C=O) groups is 2. The van der Waals surface area contributed by atoms with E-state index in [1.165, 1.54) is 6.08 Å². The van der Waals surface area contributed by atoms with E-state index in [4.69, 9.17) is 32.7 Å². The van der Waals surface area contributed by atoms with Crippen molar-refractivity contribution < 1.29 is 19.1 Å². The number of esters is 1. The van der Waals surface area contributed by atoms with E-state index in [1.807, 2.05) is 0 Å². The summed E-state index contributed by atoms with van der Waals surface area (Å²) in [6.07, 6.45) is 1.77. The predicted molar refractivity (Wildman–Crippen MR) is 96.5 cm³/mol. The molecular formula is C19H14Cl2O4. The number of Topliss-reactive ketones (excluding diaryl/α,β-unsaturated/α-hetero) is 1. The molecule has 0 N–H and O–H groups in total. The van der Waals surface area contributed by atoms with E-state index < -0.39 is 0 Å². The van der Waals surface area contributed by atoms with Crippen LogP contribution in [0.25, 0.3) is 6.08 Å². The molecule has 0 bridgehead atoms. The Morgan fingerprint density at radius 2 is 1.88 bits per heavy atom. The van der Waals surface area contributed by atoms with Crippen LogP contribution in [0, 0.1) is 6.92 Å². The Morgan fingerprint density at radius 3 is 2.52 bits per heavy atom. The average Bonchev–Trinajstić information content (AvgIpc) is 2.90. The first-order valence-corrected chi connectivity index (χ1v) is 8.40. The van der Waals surface area contributed by atoms with E-state index in [0.29, 0.717) is 38.2 Å². The minimum atomic E-state index is -0.356. The highest BCUT2D eigenvalue weighted by atomic mass is 35.5. The maximum Gasteiger partial charge on any atom is 0.310 e. The molecule has 0 fully saturated rings. The highest BCUT2D eigenvalue weighted by molar-refractivity contribution is 6.37. The fourth-order valence-electron chi connectivity index (χ4n) is 2.45. The Labute approximate surface area is 155 Å². The second-order valence-corrected chi connectivity index (χ2v) is 6.28. The van der Waals surface area contributed by atoms with Crippen LogP contribution in [-0.2, 0) is 4.79 Å². The van der Waals surface area contributed by atoms with Crippen molar-refractivity contribution >= 4 is 41.0 Å². The Bertz CT molecular complexity index is 896. The second-order valence-electron chi connectivity index (χ2n) is 5.47. The number of benzene rings is 2. The molecule has 1 aliphatic heterocycles. The first-order valence-electron chi connectivity index (χ1n) is 7.65. The van der Waals surface area contributed by atoms with Crippen LogP contribution in [0.5, 0.6) is 11.5 Å². The fraction of sp³-hybridized carbons (Fsp3) is 0.158. The number of allylic oxidation sites excluding steroid dienone is 1. The SMILES string of the molecule is CCC(=O)Oc1ccc2c(c1C)O/C(=C\c1c(Cl)cccc1Cl)C2=O. The largest absolute Gasteiger partial charge is 0.452 e. The van der Waals surface area contributed by atoms with Gasteiger partial charge < -0.3 is 9.47 Å². The minimum Gasteiger partial charge on any atom is -0.452 e. The summed E-state index contributed by atoms with van der Waals surface area (Å²) in [6.45, 7) is 3.44. The predicted octanol–water partition coefficient (Wildman–Crippen LogP) is 5.23. The van der Waals surface area contributed by atoms with Crippen LogP contribution >= 0.6 is 23.2 Å². The number of fused-ring (bicyclic) bond motifs is 1. The molecule has 6 heteroatoms. The van der Waals surface area contributed by atoms with Gasteiger partial charge in [0.15, 0.2) is 5.76 Å². The molecule has 128 valence electrons. The number of rotatable bonds is 3. The second kappa shape index (κ2) is 6.90. The Morgan fingerprint density at radius 1 is 1.20 bits per heavy atom.